The monoisotopic (exact) mass is 528 g/mol. The minimum absolute atomic E-state index is 0.213. The van der Waals surface area contributed by atoms with E-state index in [1.165, 1.54) is 33.0 Å². The highest BCUT2D eigenvalue weighted by atomic mass is 15.5. The van der Waals surface area contributed by atoms with Crippen molar-refractivity contribution in [3.8, 4) is 22.5 Å². The summed E-state index contributed by atoms with van der Waals surface area (Å²) in [6.07, 6.45) is 0. The summed E-state index contributed by atoms with van der Waals surface area (Å²) < 4.78 is 0. The molecule has 0 amide bonds. The number of hydrogen-bond donors (Lipinski definition) is 0. The zero-order valence-corrected chi connectivity index (χ0v) is 22.6. The molecule has 2 aromatic heterocycles. The Balaban J connectivity index is 1.14. The Hall–Kier alpha value is -5.36. The Bertz CT molecular complexity index is 2190. The summed E-state index contributed by atoms with van der Waals surface area (Å²) in [6, 6.07) is 38.1. The normalized spacial score (nSPS) is 13.8. The van der Waals surface area contributed by atoms with Crippen molar-refractivity contribution in [2.24, 2.45) is 0 Å². The standard InChI is InChI=1S/C35H24N6/c1-35(2)29-19-23(40-36-31-17-11-21-7-3-5-9-25(21)33(31)38-40)13-15-27(29)28-16-14-24(20-30(28)35)41-37-32-18-12-22-8-4-6-10-26(22)34(32)39-41/h3-20H,1-2H3. The fourth-order valence-electron chi connectivity index (χ4n) is 6.49. The van der Waals surface area contributed by atoms with Crippen molar-refractivity contribution < 1.29 is 0 Å². The van der Waals surface area contributed by atoms with Crippen LogP contribution in [-0.2, 0) is 5.41 Å². The van der Waals surface area contributed by atoms with E-state index >= 15 is 0 Å². The molecule has 8 aromatic rings. The fourth-order valence-corrected chi connectivity index (χ4v) is 6.49. The van der Waals surface area contributed by atoms with Gasteiger partial charge < -0.3 is 0 Å². The maximum Gasteiger partial charge on any atom is 0.121 e. The summed E-state index contributed by atoms with van der Waals surface area (Å²) in [6.45, 7) is 4.57. The summed E-state index contributed by atoms with van der Waals surface area (Å²) >= 11 is 0. The lowest BCUT2D eigenvalue weighted by molar-refractivity contribution is 0.654. The zero-order valence-electron chi connectivity index (χ0n) is 22.6. The highest BCUT2D eigenvalue weighted by Crippen LogP contribution is 2.49. The van der Waals surface area contributed by atoms with Gasteiger partial charge in [-0.2, -0.15) is 9.59 Å². The minimum Gasteiger partial charge on any atom is -0.150 e. The van der Waals surface area contributed by atoms with Crippen LogP contribution in [0.1, 0.15) is 25.0 Å². The molecule has 194 valence electrons. The Kier molecular flexibility index (Phi) is 4.30. The third-order valence-corrected chi connectivity index (χ3v) is 8.66. The van der Waals surface area contributed by atoms with Crippen LogP contribution in [0.3, 0.4) is 0 Å². The van der Waals surface area contributed by atoms with Gasteiger partial charge in [0.25, 0.3) is 0 Å². The van der Waals surface area contributed by atoms with E-state index in [9.17, 15) is 0 Å². The molecule has 0 bridgehead atoms. The Morgan fingerprint density at radius 1 is 0.488 bits per heavy atom. The van der Waals surface area contributed by atoms with E-state index in [0.29, 0.717) is 0 Å². The maximum atomic E-state index is 4.92. The van der Waals surface area contributed by atoms with Gasteiger partial charge in [0.05, 0.1) is 11.4 Å². The Morgan fingerprint density at radius 2 is 0.951 bits per heavy atom. The van der Waals surface area contributed by atoms with E-state index < -0.39 is 0 Å². The topological polar surface area (TPSA) is 61.4 Å². The van der Waals surface area contributed by atoms with Crippen LogP contribution in [0, 0.1) is 0 Å². The second-order valence-corrected chi connectivity index (χ2v) is 11.4. The predicted octanol–water partition coefficient (Wildman–Crippen LogP) is 7.77. The van der Waals surface area contributed by atoms with Crippen molar-refractivity contribution >= 4 is 43.6 Å². The zero-order chi connectivity index (χ0) is 27.3. The van der Waals surface area contributed by atoms with E-state index in [1.807, 2.05) is 24.3 Å². The summed E-state index contributed by atoms with van der Waals surface area (Å²) in [4.78, 5) is 3.54. The average Bonchev–Trinajstić information content (AvgIpc) is 3.71. The number of hydrogen-bond acceptors (Lipinski definition) is 4. The Labute approximate surface area is 235 Å². The SMILES string of the molecule is CC1(C)c2cc(-n3nc4ccc5ccccc5c4n3)ccc2-c2ccc(-n3nc4ccc5ccccc5c4n3)cc21. The molecule has 0 spiro atoms. The van der Waals surface area contributed by atoms with E-state index in [-0.39, 0.29) is 5.41 Å². The smallest absolute Gasteiger partial charge is 0.121 e. The number of aromatic nitrogens is 6. The summed E-state index contributed by atoms with van der Waals surface area (Å²) in [5.41, 5.74) is 10.3. The molecule has 0 saturated carbocycles. The lowest BCUT2D eigenvalue weighted by atomic mass is 9.82. The molecule has 2 heterocycles. The summed E-state index contributed by atoms with van der Waals surface area (Å²) in [7, 11) is 0. The van der Waals surface area contributed by atoms with Crippen molar-refractivity contribution in [1.29, 1.82) is 0 Å². The average molecular weight is 529 g/mol. The van der Waals surface area contributed by atoms with Gasteiger partial charge in [-0.05, 0) is 69.4 Å². The maximum absolute atomic E-state index is 4.92. The molecule has 41 heavy (non-hydrogen) atoms. The third kappa shape index (κ3) is 3.13. The van der Waals surface area contributed by atoms with Crippen molar-refractivity contribution in [2.75, 3.05) is 0 Å². The van der Waals surface area contributed by atoms with E-state index in [4.69, 9.17) is 20.4 Å². The minimum atomic E-state index is -0.213. The summed E-state index contributed by atoms with van der Waals surface area (Å²) in [5.74, 6) is 0. The number of benzene rings is 6. The lowest BCUT2D eigenvalue weighted by Crippen LogP contribution is -2.16. The summed E-state index contributed by atoms with van der Waals surface area (Å²) in [5, 5.41) is 24.1. The molecule has 1 aliphatic carbocycles. The number of fused-ring (bicyclic) bond motifs is 9. The van der Waals surface area contributed by atoms with Gasteiger partial charge in [-0.1, -0.05) is 86.6 Å². The molecule has 0 radical (unpaired) electrons. The molecular weight excluding hydrogens is 504 g/mol. The van der Waals surface area contributed by atoms with E-state index in [1.54, 1.807) is 9.59 Å². The van der Waals surface area contributed by atoms with Crippen molar-refractivity contribution in [2.45, 2.75) is 19.3 Å². The molecule has 9 rings (SSSR count). The Morgan fingerprint density at radius 3 is 1.44 bits per heavy atom. The van der Waals surface area contributed by atoms with Gasteiger partial charge in [-0.3, -0.25) is 0 Å². The van der Waals surface area contributed by atoms with Crippen LogP contribution in [0.25, 0.3) is 66.1 Å². The van der Waals surface area contributed by atoms with Crippen LogP contribution in [0.5, 0.6) is 0 Å². The van der Waals surface area contributed by atoms with Gasteiger partial charge >= 0.3 is 0 Å². The molecule has 6 aromatic carbocycles. The lowest BCUT2D eigenvalue weighted by Gasteiger charge is -2.22. The molecule has 1 aliphatic rings. The van der Waals surface area contributed by atoms with Crippen molar-refractivity contribution in [3.05, 3.63) is 120 Å². The first kappa shape index (κ1) is 22.5. The first-order valence-electron chi connectivity index (χ1n) is 13.8. The van der Waals surface area contributed by atoms with Crippen LogP contribution < -0.4 is 0 Å². The molecule has 0 unspecified atom stereocenters. The second-order valence-electron chi connectivity index (χ2n) is 11.4. The van der Waals surface area contributed by atoms with Crippen molar-refractivity contribution in [1.82, 2.24) is 30.0 Å². The van der Waals surface area contributed by atoms with E-state index in [0.717, 1.165) is 44.2 Å². The fraction of sp³-hybridized carbons (Fsp3) is 0.0857. The molecule has 0 N–H and O–H groups in total. The van der Waals surface area contributed by atoms with E-state index in [2.05, 4.69) is 98.8 Å². The molecular formula is C35H24N6. The quantitative estimate of drug-likeness (QED) is 0.230. The van der Waals surface area contributed by atoms with Gasteiger partial charge in [0.1, 0.15) is 22.1 Å². The van der Waals surface area contributed by atoms with Gasteiger partial charge in [0, 0.05) is 16.2 Å². The largest absolute Gasteiger partial charge is 0.150 e. The van der Waals surface area contributed by atoms with Crippen LogP contribution >= 0.6 is 0 Å². The third-order valence-electron chi connectivity index (χ3n) is 8.66. The highest BCUT2D eigenvalue weighted by Gasteiger charge is 2.36. The first-order valence-corrected chi connectivity index (χ1v) is 13.8. The van der Waals surface area contributed by atoms with Crippen LogP contribution in [0.15, 0.2) is 109 Å². The predicted molar refractivity (Wildman–Crippen MR) is 164 cm³/mol. The number of nitrogens with zero attached hydrogens (tertiary/aromatic N) is 6. The van der Waals surface area contributed by atoms with Crippen molar-refractivity contribution in [3.63, 3.8) is 0 Å². The molecule has 0 aliphatic heterocycles. The van der Waals surface area contributed by atoms with Gasteiger partial charge in [-0.15, -0.1) is 20.4 Å². The van der Waals surface area contributed by atoms with Gasteiger partial charge in [0.15, 0.2) is 0 Å². The first-order chi connectivity index (χ1) is 20.0. The highest BCUT2D eigenvalue weighted by molar-refractivity contribution is 6.04. The van der Waals surface area contributed by atoms with Gasteiger partial charge in [-0.25, -0.2) is 0 Å². The molecule has 0 saturated heterocycles. The molecule has 6 nitrogen and oxygen atoms in total. The molecule has 0 fully saturated rings. The van der Waals surface area contributed by atoms with Crippen LogP contribution in [0.2, 0.25) is 0 Å². The van der Waals surface area contributed by atoms with Crippen LogP contribution in [-0.4, -0.2) is 30.0 Å². The number of rotatable bonds is 2. The van der Waals surface area contributed by atoms with Crippen LogP contribution in [0.4, 0.5) is 0 Å². The molecule has 0 atom stereocenters. The molecule has 6 heteroatoms. The van der Waals surface area contributed by atoms with Gasteiger partial charge in [0.2, 0.25) is 0 Å². The second kappa shape index (κ2) is 7.86.